The van der Waals surface area contributed by atoms with Crippen molar-refractivity contribution in [3.05, 3.63) is 41.4 Å². The lowest BCUT2D eigenvalue weighted by molar-refractivity contribution is 0.0530. The summed E-state index contributed by atoms with van der Waals surface area (Å²) in [6, 6.07) is 3.54. The number of rotatable bonds is 3. The van der Waals surface area contributed by atoms with Crippen LogP contribution in [0.3, 0.4) is 0 Å². The van der Waals surface area contributed by atoms with Gasteiger partial charge in [0.1, 0.15) is 0 Å². The number of amides is 1. The van der Waals surface area contributed by atoms with E-state index < -0.39 is 0 Å². The molecular formula is C15H20N4O2. The first-order chi connectivity index (χ1) is 9.79. The fourth-order valence-corrected chi connectivity index (χ4v) is 2.01. The maximum Gasteiger partial charge on any atom is 0.256 e. The van der Waals surface area contributed by atoms with Crippen molar-refractivity contribution in [3.8, 4) is 0 Å². The lowest BCUT2D eigenvalue weighted by Gasteiger charge is -2.35. The number of carbonyl (C=O) groups is 1. The second-order valence-electron chi connectivity index (χ2n) is 5.91. The molecule has 2 rings (SSSR count). The maximum atomic E-state index is 12.8. The number of hydrogen-bond donors (Lipinski definition) is 0. The Bertz CT molecular complexity index is 643. The van der Waals surface area contributed by atoms with Crippen LogP contribution >= 0.6 is 0 Å². The third-order valence-electron chi connectivity index (χ3n) is 3.15. The maximum absolute atomic E-state index is 12.8. The molecule has 0 aliphatic rings. The van der Waals surface area contributed by atoms with Gasteiger partial charge < -0.3 is 9.32 Å². The number of hydrogen-bond acceptors (Lipinski definition) is 5. The Hall–Kier alpha value is -2.24. The SMILES string of the molecule is Cc1nnc(CN(C(=O)c2cccnc2C)C(C)(C)C)o1. The van der Waals surface area contributed by atoms with Gasteiger partial charge in [-0.3, -0.25) is 9.78 Å². The molecule has 0 saturated heterocycles. The summed E-state index contributed by atoms with van der Waals surface area (Å²) in [4.78, 5) is 18.7. The summed E-state index contributed by atoms with van der Waals surface area (Å²) in [5, 5.41) is 7.78. The van der Waals surface area contributed by atoms with Gasteiger partial charge in [0.25, 0.3) is 5.91 Å². The number of carbonyl (C=O) groups excluding carboxylic acids is 1. The minimum Gasteiger partial charge on any atom is -0.424 e. The molecule has 0 bridgehead atoms. The summed E-state index contributed by atoms with van der Waals surface area (Å²) < 4.78 is 5.39. The van der Waals surface area contributed by atoms with Gasteiger partial charge in [0.15, 0.2) is 0 Å². The fraction of sp³-hybridized carbons (Fsp3) is 0.467. The Balaban J connectivity index is 2.33. The van der Waals surface area contributed by atoms with Crippen LogP contribution < -0.4 is 0 Å². The van der Waals surface area contributed by atoms with E-state index in [1.165, 1.54) is 0 Å². The zero-order valence-corrected chi connectivity index (χ0v) is 13.0. The minimum atomic E-state index is -0.373. The number of pyridine rings is 1. The first kappa shape index (κ1) is 15.2. The Kier molecular flexibility index (Phi) is 4.06. The third-order valence-corrected chi connectivity index (χ3v) is 3.15. The topological polar surface area (TPSA) is 72.1 Å². The molecule has 1 amide bonds. The van der Waals surface area contributed by atoms with Gasteiger partial charge in [0, 0.05) is 24.4 Å². The van der Waals surface area contributed by atoms with Crippen LogP contribution in [0.4, 0.5) is 0 Å². The van der Waals surface area contributed by atoms with E-state index in [-0.39, 0.29) is 18.0 Å². The van der Waals surface area contributed by atoms with Gasteiger partial charge >= 0.3 is 0 Å². The monoisotopic (exact) mass is 288 g/mol. The van der Waals surface area contributed by atoms with Crippen molar-refractivity contribution in [1.29, 1.82) is 0 Å². The van der Waals surface area contributed by atoms with Gasteiger partial charge in [-0.05, 0) is 39.8 Å². The highest BCUT2D eigenvalue weighted by Crippen LogP contribution is 2.21. The highest BCUT2D eigenvalue weighted by molar-refractivity contribution is 5.95. The van der Waals surface area contributed by atoms with E-state index in [4.69, 9.17) is 4.42 Å². The van der Waals surface area contributed by atoms with E-state index in [0.717, 1.165) is 0 Å². The Morgan fingerprint density at radius 3 is 2.52 bits per heavy atom. The number of aromatic nitrogens is 3. The molecular weight excluding hydrogens is 268 g/mol. The van der Waals surface area contributed by atoms with Crippen LogP contribution in [-0.4, -0.2) is 31.5 Å². The third kappa shape index (κ3) is 3.45. The molecule has 0 saturated carbocycles. The Labute approximate surface area is 124 Å². The molecule has 0 spiro atoms. The molecule has 0 unspecified atom stereocenters. The van der Waals surface area contributed by atoms with Crippen LogP contribution in [0.25, 0.3) is 0 Å². The molecule has 2 aromatic heterocycles. The van der Waals surface area contributed by atoms with Crippen molar-refractivity contribution < 1.29 is 9.21 Å². The zero-order valence-electron chi connectivity index (χ0n) is 13.0. The van der Waals surface area contributed by atoms with Gasteiger partial charge in [0.2, 0.25) is 11.8 Å². The average Bonchev–Trinajstić information content (AvgIpc) is 2.80. The van der Waals surface area contributed by atoms with Crippen LogP contribution in [0, 0.1) is 13.8 Å². The van der Waals surface area contributed by atoms with Crippen LogP contribution in [0.1, 0.15) is 48.6 Å². The predicted octanol–water partition coefficient (Wildman–Crippen LogP) is 2.52. The molecule has 6 nitrogen and oxygen atoms in total. The van der Waals surface area contributed by atoms with Crippen LogP contribution in [0.15, 0.2) is 22.7 Å². The second kappa shape index (κ2) is 5.63. The predicted molar refractivity (Wildman–Crippen MR) is 77.6 cm³/mol. The van der Waals surface area contributed by atoms with Gasteiger partial charge in [-0.15, -0.1) is 10.2 Å². The molecule has 2 aromatic rings. The van der Waals surface area contributed by atoms with E-state index >= 15 is 0 Å². The summed E-state index contributed by atoms with van der Waals surface area (Å²) >= 11 is 0. The van der Waals surface area contributed by atoms with Crippen molar-refractivity contribution in [1.82, 2.24) is 20.1 Å². The lowest BCUT2D eigenvalue weighted by Crippen LogP contribution is -2.45. The van der Waals surface area contributed by atoms with Crippen molar-refractivity contribution in [2.75, 3.05) is 0 Å². The van der Waals surface area contributed by atoms with E-state index in [9.17, 15) is 4.79 Å². The first-order valence-corrected chi connectivity index (χ1v) is 6.81. The van der Waals surface area contributed by atoms with Gasteiger partial charge in [-0.25, -0.2) is 0 Å². The molecule has 0 aliphatic carbocycles. The highest BCUT2D eigenvalue weighted by atomic mass is 16.4. The standard InChI is InChI=1S/C15H20N4O2/c1-10-12(7-6-8-16-10)14(20)19(15(3,4)5)9-13-18-17-11(2)21-13/h6-8H,9H2,1-5H3. The summed E-state index contributed by atoms with van der Waals surface area (Å²) in [7, 11) is 0. The molecule has 0 atom stereocenters. The summed E-state index contributed by atoms with van der Waals surface area (Å²) in [6.07, 6.45) is 1.68. The van der Waals surface area contributed by atoms with E-state index in [1.807, 2.05) is 27.7 Å². The normalized spacial score (nSPS) is 11.5. The Morgan fingerprint density at radius 2 is 2.00 bits per heavy atom. The van der Waals surface area contributed by atoms with Crippen LogP contribution in [0.5, 0.6) is 0 Å². The summed E-state index contributed by atoms with van der Waals surface area (Å²) in [5.74, 6) is 0.824. The molecule has 0 aliphatic heterocycles. The number of aryl methyl sites for hydroxylation is 2. The quantitative estimate of drug-likeness (QED) is 0.867. The van der Waals surface area contributed by atoms with Crippen LogP contribution in [0.2, 0.25) is 0 Å². The van der Waals surface area contributed by atoms with Crippen LogP contribution in [-0.2, 0) is 6.54 Å². The van der Waals surface area contributed by atoms with E-state index in [2.05, 4.69) is 15.2 Å². The highest BCUT2D eigenvalue weighted by Gasteiger charge is 2.30. The molecule has 0 fully saturated rings. The summed E-state index contributed by atoms with van der Waals surface area (Å²) in [6.45, 7) is 9.74. The summed E-state index contributed by atoms with van der Waals surface area (Å²) in [5.41, 5.74) is 0.920. The van der Waals surface area contributed by atoms with Gasteiger partial charge in [-0.2, -0.15) is 0 Å². The molecule has 0 aromatic carbocycles. The van der Waals surface area contributed by atoms with E-state index in [1.54, 1.807) is 30.2 Å². The Morgan fingerprint density at radius 1 is 1.29 bits per heavy atom. The van der Waals surface area contributed by atoms with Crippen molar-refractivity contribution in [3.63, 3.8) is 0 Å². The van der Waals surface area contributed by atoms with Crippen molar-refractivity contribution in [2.24, 2.45) is 0 Å². The minimum absolute atomic E-state index is 0.0936. The first-order valence-electron chi connectivity index (χ1n) is 6.81. The second-order valence-corrected chi connectivity index (χ2v) is 5.91. The molecule has 6 heteroatoms. The van der Waals surface area contributed by atoms with Gasteiger partial charge in [-0.1, -0.05) is 0 Å². The molecule has 21 heavy (non-hydrogen) atoms. The van der Waals surface area contributed by atoms with E-state index in [0.29, 0.717) is 23.0 Å². The molecule has 112 valence electrons. The largest absolute Gasteiger partial charge is 0.424 e. The molecule has 0 N–H and O–H groups in total. The molecule has 0 radical (unpaired) electrons. The average molecular weight is 288 g/mol. The fourth-order valence-electron chi connectivity index (χ4n) is 2.01. The van der Waals surface area contributed by atoms with Crippen molar-refractivity contribution in [2.45, 2.75) is 46.7 Å². The van der Waals surface area contributed by atoms with Crippen molar-refractivity contribution >= 4 is 5.91 Å². The zero-order chi connectivity index (χ0) is 15.6. The number of nitrogens with zero attached hydrogens (tertiary/aromatic N) is 4. The lowest BCUT2D eigenvalue weighted by atomic mass is 10.0. The smallest absolute Gasteiger partial charge is 0.256 e. The van der Waals surface area contributed by atoms with Gasteiger partial charge in [0.05, 0.1) is 12.1 Å². The molecule has 2 heterocycles.